The van der Waals surface area contributed by atoms with Gasteiger partial charge in [0.25, 0.3) is 0 Å². The summed E-state index contributed by atoms with van der Waals surface area (Å²) in [5.74, 6) is 0.349. The molecule has 1 fully saturated rings. The van der Waals surface area contributed by atoms with Gasteiger partial charge in [0.15, 0.2) is 17.1 Å². The molecular weight excluding hydrogens is 409 g/mol. The van der Waals surface area contributed by atoms with E-state index in [1.807, 2.05) is 13.1 Å². The molecule has 1 saturated carbocycles. The van der Waals surface area contributed by atoms with Gasteiger partial charge in [-0.25, -0.2) is 0 Å². The molecule has 0 aliphatic heterocycles. The number of nitrogens with zero attached hydrogens (tertiary/aromatic N) is 1. The lowest BCUT2D eigenvalue weighted by Gasteiger charge is -2.22. The number of hydrogen-bond donors (Lipinski definition) is 0. The number of halogens is 2. The normalized spacial score (nSPS) is 17.4. The maximum absolute atomic E-state index is 12.7. The number of aromatic nitrogens is 1. The molecule has 0 amide bonds. The Kier molecular flexibility index (Phi) is 4.45. The standard InChI is InChI=1S/C23H19Cl2NO3/c1-26-19(12-5-3-2-4-6-12)11-21-20(26)8-13(29-21)7-16-22(27)14-9-17(24)18(25)10-15(14)23(16)28/h7-12H,2-6H2,1H3. The summed E-state index contributed by atoms with van der Waals surface area (Å²) in [7, 11) is 2.05. The summed E-state index contributed by atoms with van der Waals surface area (Å²) < 4.78 is 8.14. The first kappa shape index (κ1) is 18.7. The van der Waals surface area contributed by atoms with E-state index in [0.717, 1.165) is 11.1 Å². The second-order valence-corrected chi connectivity index (χ2v) is 8.70. The maximum Gasteiger partial charge on any atom is 0.197 e. The van der Waals surface area contributed by atoms with Crippen molar-refractivity contribution in [3.63, 3.8) is 0 Å². The molecule has 2 heterocycles. The zero-order valence-corrected chi connectivity index (χ0v) is 17.4. The van der Waals surface area contributed by atoms with Crippen LogP contribution in [-0.4, -0.2) is 16.1 Å². The first-order valence-corrected chi connectivity index (χ1v) is 10.6. The number of carbonyl (C=O) groups is 2. The first-order chi connectivity index (χ1) is 13.9. The summed E-state index contributed by atoms with van der Waals surface area (Å²) >= 11 is 12.0. The van der Waals surface area contributed by atoms with E-state index in [9.17, 15) is 9.59 Å². The topological polar surface area (TPSA) is 52.2 Å². The van der Waals surface area contributed by atoms with Crippen molar-refractivity contribution in [1.82, 2.24) is 4.57 Å². The third-order valence-corrected chi connectivity index (χ3v) is 6.86. The number of ketones is 2. The molecule has 2 aliphatic rings. The summed E-state index contributed by atoms with van der Waals surface area (Å²) in [6.07, 6.45) is 7.80. The summed E-state index contributed by atoms with van der Waals surface area (Å²) in [4.78, 5) is 25.4. The molecule has 2 aliphatic carbocycles. The Morgan fingerprint density at radius 3 is 2.17 bits per heavy atom. The van der Waals surface area contributed by atoms with Gasteiger partial charge >= 0.3 is 0 Å². The monoisotopic (exact) mass is 427 g/mol. The van der Waals surface area contributed by atoms with Gasteiger partial charge in [-0.05, 0) is 37.0 Å². The van der Waals surface area contributed by atoms with Crippen LogP contribution < -0.4 is 0 Å². The minimum Gasteiger partial charge on any atom is -0.455 e. The van der Waals surface area contributed by atoms with Crippen LogP contribution in [0.25, 0.3) is 17.2 Å². The molecule has 0 unspecified atom stereocenters. The minimum absolute atomic E-state index is 0.0740. The van der Waals surface area contributed by atoms with E-state index in [2.05, 4.69) is 10.6 Å². The Balaban J connectivity index is 1.51. The van der Waals surface area contributed by atoms with Gasteiger partial charge in [-0.3, -0.25) is 9.59 Å². The van der Waals surface area contributed by atoms with Crippen LogP contribution in [-0.2, 0) is 7.05 Å². The lowest BCUT2D eigenvalue weighted by Crippen LogP contribution is -2.08. The predicted molar refractivity (Wildman–Crippen MR) is 114 cm³/mol. The Morgan fingerprint density at radius 2 is 1.59 bits per heavy atom. The number of carbonyl (C=O) groups excluding carboxylic acids is 2. The average molecular weight is 428 g/mol. The van der Waals surface area contributed by atoms with Crippen LogP contribution in [0.1, 0.15) is 70.2 Å². The van der Waals surface area contributed by atoms with Gasteiger partial charge in [0.05, 0.1) is 21.1 Å². The lowest BCUT2D eigenvalue weighted by atomic mass is 9.87. The minimum atomic E-state index is -0.355. The van der Waals surface area contributed by atoms with Crippen molar-refractivity contribution in [2.75, 3.05) is 0 Å². The fourth-order valence-electron chi connectivity index (χ4n) is 4.60. The van der Waals surface area contributed by atoms with Gasteiger partial charge in [-0.2, -0.15) is 0 Å². The van der Waals surface area contributed by atoms with Gasteiger partial charge in [-0.15, -0.1) is 0 Å². The van der Waals surface area contributed by atoms with E-state index in [1.54, 1.807) is 0 Å². The smallest absolute Gasteiger partial charge is 0.197 e. The number of rotatable bonds is 2. The van der Waals surface area contributed by atoms with Crippen LogP contribution in [0.3, 0.4) is 0 Å². The van der Waals surface area contributed by atoms with E-state index in [-0.39, 0.29) is 38.3 Å². The fraction of sp³-hybridized carbons (Fsp3) is 0.304. The van der Waals surface area contributed by atoms with Crippen LogP contribution in [0.2, 0.25) is 10.0 Å². The quantitative estimate of drug-likeness (QED) is 0.342. The molecule has 4 nitrogen and oxygen atoms in total. The van der Waals surface area contributed by atoms with E-state index in [0.29, 0.717) is 11.7 Å². The number of Topliss-reactive ketones (excluding diaryl/α,β-unsaturated/α-hetero) is 2. The van der Waals surface area contributed by atoms with Crippen LogP contribution in [0.15, 0.2) is 34.3 Å². The van der Waals surface area contributed by atoms with Crippen molar-refractivity contribution >= 4 is 51.9 Å². The van der Waals surface area contributed by atoms with Gasteiger partial charge < -0.3 is 8.98 Å². The Labute approximate surface area is 178 Å². The predicted octanol–water partition coefficient (Wildman–Crippen LogP) is 6.59. The summed E-state index contributed by atoms with van der Waals surface area (Å²) in [6, 6.07) is 6.89. The third kappa shape index (κ3) is 2.97. The lowest BCUT2D eigenvalue weighted by molar-refractivity contribution is 0.0990. The summed E-state index contributed by atoms with van der Waals surface area (Å²) in [5, 5.41) is 0.513. The van der Waals surface area contributed by atoms with Crippen molar-refractivity contribution in [1.29, 1.82) is 0 Å². The van der Waals surface area contributed by atoms with Gasteiger partial charge in [0.2, 0.25) is 0 Å². The zero-order valence-electron chi connectivity index (χ0n) is 15.9. The van der Waals surface area contributed by atoms with Crippen LogP contribution in [0, 0.1) is 0 Å². The largest absolute Gasteiger partial charge is 0.455 e. The Bertz CT molecular complexity index is 1170. The Hall–Kier alpha value is -2.30. The van der Waals surface area contributed by atoms with Crippen molar-refractivity contribution < 1.29 is 14.0 Å². The average Bonchev–Trinajstić information content (AvgIpc) is 3.32. The summed E-state index contributed by atoms with van der Waals surface area (Å²) in [6.45, 7) is 0. The molecule has 0 N–H and O–H groups in total. The highest BCUT2D eigenvalue weighted by Gasteiger charge is 2.34. The van der Waals surface area contributed by atoms with Crippen molar-refractivity contribution in [3.05, 3.63) is 62.5 Å². The molecule has 0 spiro atoms. The van der Waals surface area contributed by atoms with Crippen LogP contribution in [0.4, 0.5) is 0 Å². The second kappa shape index (κ2) is 6.89. The molecule has 0 radical (unpaired) electrons. The highest BCUT2D eigenvalue weighted by molar-refractivity contribution is 6.46. The van der Waals surface area contributed by atoms with Gasteiger partial charge in [-0.1, -0.05) is 42.5 Å². The molecule has 148 valence electrons. The first-order valence-electron chi connectivity index (χ1n) is 9.83. The molecule has 6 heteroatoms. The highest BCUT2D eigenvalue weighted by atomic mass is 35.5. The molecule has 2 aromatic heterocycles. The second-order valence-electron chi connectivity index (χ2n) is 7.89. The molecule has 0 saturated heterocycles. The van der Waals surface area contributed by atoms with Gasteiger partial charge in [0.1, 0.15) is 5.76 Å². The van der Waals surface area contributed by atoms with E-state index in [1.165, 1.54) is 56.0 Å². The van der Waals surface area contributed by atoms with Crippen LogP contribution >= 0.6 is 23.2 Å². The maximum atomic E-state index is 12.7. The zero-order chi connectivity index (χ0) is 20.3. The van der Waals surface area contributed by atoms with E-state index < -0.39 is 0 Å². The molecular formula is C23H19Cl2NO3. The van der Waals surface area contributed by atoms with E-state index in [4.69, 9.17) is 27.6 Å². The third-order valence-electron chi connectivity index (χ3n) is 6.14. The molecule has 0 bridgehead atoms. The molecule has 0 atom stereocenters. The molecule has 1 aromatic carbocycles. The molecule has 5 rings (SSSR count). The number of furan rings is 1. The molecule has 29 heavy (non-hydrogen) atoms. The number of allylic oxidation sites excluding steroid dienone is 1. The van der Waals surface area contributed by atoms with Crippen molar-refractivity contribution in [2.45, 2.75) is 38.0 Å². The van der Waals surface area contributed by atoms with Crippen molar-refractivity contribution in [3.8, 4) is 0 Å². The number of aryl methyl sites for hydroxylation is 1. The van der Waals surface area contributed by atoms with Crippen molar-refractivity contribution in [2.24, 2.45) is 7.05 Å². The summed E-state index contributed by atoms with van der Waals surface area (Å²) in [5.41, 5.74) is 3.69. The fourth-order valence-corrected chi connectivity index (χ4v) is 4.93. The van der Waals surface area contributed by atoms with Crippen LogP contribution in [0.5, 0.6) is 0 Å². The SMILES string of the molecule is Cn1c(C2CCCCC2)cc2oc(C=C3C(=O)c4cc(Cl)c(Cl)cc4C3=O)cc21. The van der Waals surface area contributed by atoms with E-state index >= 15 is 0 Å². The number of fused-ring (bicyclic) bond motifs is 2. The highest BCUT2D eigenvalue weighted by Crippen LogP contribution is 2.37. The van der Waals surface area contributed by atoms with Gasteiger partial charge in [0, 0.05) is 36.0 Å². The molecule has 3 aromatic rings. The number of benzene rings is 1. The number of hydrogen-bond acceptors (Lipinski definition) is 3. The Morgan fingerprint density at radius 1 is 0.966 bits per heavy atom.